The Morgan fingerprint density at radius 2 is 0.470 bits per heavy atom. The molecule has 1 atom stereocenters. The normalized spacial score (nSPS) is 12.6. The molecule has 6 heteroatoms. The number of hydrogen-bond acceptors (Lipinski definition) is 6. The van der Waals surface area contributed by atoms with Crippen LogP contribution < -0.4 is 0 Å². The third kappa shape index (κ3) is 69.3. The molecule has 0 aromatic rings. The van der Waals surface area contributed by atoms with E-state index < -0.39 is 6.10 Å². The second-order valence-electron chi connectivity index (χ2n) is 24.1. The van der Waals surface area contributed by atoms with Gasteiger partial charge in [0.05, 0.1) is 0 Å². The van der Waals surface area contributed by atoms with E-state index in [1.54, 1.807) is 0 Å². The topological polar surface area (TPSA) is 78.9 Å². The molecule has 83 heavy (non-hydrogen) atoms. The van der Waals surface area contributed by atoms with Gasteiger partial charge in [-0.3, -0.25) is 14.4 Å². The number of carbonyl (C=O) groups is 3. The number of esters is 3. The lowest BCUT2D eigenvalue weighted by atomic mass is 10.0. The van der Waals surface area contributed by atoms with Gasteiger partial charge in [0.1, 0.15) is 13.2 Å². The third-order valence-electron chi connectivity index (χ3n) is 15.9. The van der Waals surface area contributed by atoms with Gasteiger partial charge in [-0.15, -0.1) is 0 Å². The van der Waals surface area contributed by atoms with Gasteiger partial charge < -0.3 is 14.2 Å². The molecule has 0 N–H and O–H groups in total. The first kappa shape index (κ1) is 79.6. The summed E-state index contributed by atoms with van der Waals surface area (Å²) in [4.78, 5) is 38.5. The van der Waals surface area contributed by atoms with Crippen molar-refractivity contribution < 1.29 is 28.6 Å². The van der Waals surface area contributed by atoms with Crippen LogP contribution in [0.1, 0.15) is 367 Å². The Balaban J connectivity index is 4.34. The smallest absolute Gasteiger partial charge is 0.306 e. The van der Waals surface area contributed by atoms with E-state index in [-0.39, 0.29) is 31.1 Å². The molecule has 0 fully saturated rings. The van der Waals surface area contributed by atoms with E-state index in [0.717, 1.165) is 109 Å². The van der Waals surface area contributed by atoms with Crippen molar-refractivity contribution >= 4 is 17.9 Å². The maximum atomic E-state index is 13.0. The molecular formula is C77H136O6. The summed E-state index contributed by atoms with van der Waals surface area (Å²) in [7, 11) is 0. The predicted octanol–water partition coefficient (Wildman–Crippen LogP) is 25.0. The lowest BCUT2D eigenvalue weighted by Crippen LogP contribution is -2.30. The molecule has 6 nitrogen and oxygen atoms in total. The third-order valence-corrected chi connectivity index (χ3v) is 15.9. The lowest BCUT2D eigenvalue weighted by molar-refractivity contribution is -0.167. The van der Waals surface area contributed by atoms with Crippen LogP contribution in [0.3, 0.4) is 0 Å². The molecule has 480 valence electrons. The molecule has 0 aliphatic rings. The van der Waals surface area contributed by atoms with Crippen molar-refractivity contribution in [2.75, 3.05) is 13.2 Å². The molecule has 0 saturated heterocycles. The number of ether oxygens (including phenoxy) is 3. The molecule has 0 rings (SSSR count). The quantitative estimate of drug-likeness (QED) is 0.0261. The van der Waals surface area contributed by atoms with E-state index in [9.17, 15) is 14.4 Å². The molecule has 1 unspecified atom stereocenters. The van der Waals surface area contributed by atoms with Crippen molar-refractivity contribution in [2.24, 2.45) is 0 Å². The Kier molecular flexibility index (Phi) is 68.2. The molecule has 0 aliphatic carbocycles. The fourth-order valence-corrected chi connectivity index (χ4v) is 10.5. The van der Waals surface area contributed by atoms with Gasteiger partial charge in [0.15, 0.2) is 6.10 Å². The number of allylic oxidation sites excluding steroid dienone is 14. The summed E-state index contributed by atoms with van der Waals surface area (Å²) in [5.41, 5.74) is 0. The van der Waals surface area contributed by atoms with E-state index in [1.807, 2.05) is 0 Å². The Hall–Kier alpha value is -3.41. The largest absolute Gasteiger partial charge is 0.462 e. The maximum absolute atomic E-state index is 13.0. The van der Waals surface area contributed by atoms with Gasteiger partial charge in [-0.1, -0.05) is 356 Å². The van der Waals surface area contributed by atoms with Crippen LogP contribution in [0.5, 0.6) is 0 Å². The van der Waals surface area contributed by atoms with Crippen LogP contribution in [0.4, 0.5) is 0 Å². The van der Waals surface area contributed by atoms with Gasteiger partial charge in [0, 0.05) is 19.3 Å². The predicted molar refractivity (Wildman–Crippen MR) is 362 cm³/mol. The van der Waals surface area contributed by atoms with Crippen LogP contribution in [-0.4, -0.2) is 37.2 Å². The van der Waals surface area contributed by atoms with Crippen LogP contribution >= 0.6 is 0 Å². The highest BCUT2D eigenvalue weighted by atomic mass is 16.6. The Morgan fingerprint density at radius 3 is 0.735 bits per heavy atom. The fourth-order valence-electron chi connectivity index (χ4n) is 10.5. The van der Waals surface area contributed by atoms with Crippen LogP contribution in [0.25, 0.3) is 0 Å². The first-order valence-corrected chi connectivity index (χ1v) is 36.1. The number of hydrogen-bond donors (Lipinski definition) is 0. The molecule has 0 spiro atoms. The monoisotopic (exact) mass is 1160 g/mol. The summed E-state index contributed by atoms with van der Waals surface area (Å²) in [5, 5.41) is 0. The summed E-state index contributed by atoms with van der Waals surface area (Å²) in [6.45, 7) is 6.58. The first-order chi connectivity index (χ1) is 41.0. The Labute approximate surface area is 515 Å². The summed E-state index contributed by atoms with van der Waals surface area (Å²) in [5.74, 6) is -0.861. The van der Waals surface area contributed by atoms with Crippen molar-refractivity contribution in [3.8, 4) is 0 Å². The van der Waals surface area contributed by atoms with Gasteiger partial charge >= 0.3 is 17.9 Å². The molecule has 0 aromatic heterocycles. The number of carbonyl (C=O) groups excluding carboxylic acids is 3. The van der Waals surface area contributed by atoms with E-state index in [1.165, 1.54) is 218 Å². The standard InChI is InChI=1S/C77H136O6/c1-4-7-10-13-16-19-22-25-28-31-33-34-35-36-37-38-39-40-41-42-44-46-49-52-55-58-61-64-67-70-76(79)82-73-74(72-81-75(78)69-66-63-60-57-54-51-48-45-30-27-24-21-18-15-12-9-6-3)83-77(80)71-68-65-62-59-56-53-50-47-43-32-29-26-23-20-17-14-11-8-5-2/h7,10,16,19,25,28,33-34,36-37,39-40,42,44,74H,4-6,8-9,11-15,17-18,20-24,26-27,29-32,35,38,41,43,45-73H2,1-3H3/b10-7-,19-16-,28-25-,34-33-,37-36-,40-39-,44-42-. The minimum absolute atomic E-state index is 0.0741. The molecule has 0 aliphatic heterocycles. The average Bonchev–Trinajstić information content (AvgIpc) is 3.49. The summed E-state index contributed by atoms with van der Waals surface area (Å²) < 4.78 is 17.0. The van der Waals surface area contributed by atoms with Crippen LogP contribution in [0.2, 0.25) is 0 Å². The highest BCUT2D eigenvalue weighted by molar-refractivity contribution is 5.71. The van der Waals surface area contributed by atoms with Gasteiger partial charge in [0.2, 0.25) is 0 Å². The highest BCUT2D eigenvalue weighted by Crippen LogP contribution is 2.18. The fraction of sp³-hybridized carbons (Fsp3) is 0.779. The van der Waals surface area contributed by atoms with Crippen molar-refractivity contribution in [3.05, 3.63) is 85.1 Å². The van der Waals surface area contributed by atoms with Gasteiger partial charge in [-0.25, -0.2) is 0 Å². The zero-order valence-corrected chi connectivity index (χ0v) is 55.2. The average molecular weight is 1160 g/mol. The summed E-state index contributed by atoms with van der Waals surface area (Å²) in [6.07, 6.45) is 94.6. The second kappa shape index (κ2) is 71.1. The van der Waals surface area contributed by atoms with Crippen LogP contribution in [0, 0.1) is 0 Å². The maximum Gasteiger partial charge on any atom is 0.306 e. The minimum atomic E-state index is -0.780. The lowest BCUT2D eigenvalue weighted by Gasteiger charge is -2.18. The SMILES string of the molecule is CC/C=C\C/C=C\C/C=C\C/C=C\C/C=C\C/C=C\C/C=C\CCCCCCCCCC(=O)OCC(COC(=O)CCCCCCCCCCCCCCCCCCC)OC(=O)CCCCCCCCCCCCCCCCCCCCC. The van der Waals surface area contributed by atoms with Crippen LogP contribution in [-0.2, 0) is 28.6 Å². The van der Waals surface area contributed by atoms with Crippen molar-refractivity contribution in [3.63, 3.8) is 0 Å². The highest BCUT2D eigenvalue weighted by Gasteiger charge is 2.19. The molecular weight excluding hydrogens is 1020 g/mol. The first-order valence-electron chi connectivity index (χ1n) is 36.1. The molecule has 0 aromatic carbocycles. The Bertz CT molecular complexity index is 1570. The van der Waals surface area contributed by atoms with Gasteiger partial charge in [-0.2, -0.15) is 0 Å². The Morgan fingerprint density at radius 1 is 0.253 bits per heavy atom. The van der Waals surface area contributed by atoms with Gasteiger partial charge in [0.25, 0.3) is 0 Å². The van der Waals surface area contributed by atoms with Crippen molar-refractivity contribution in [1.29, 1.82) is 0 Å². The molecule has 0 saturated carbocycles. The van der Waals surface area contributed by atoms with E-state index >= 15 is 0 Å². The van der Waals surface area contributed by atoms with Crippen molar-refractivity contribution in [1.82, 2.24) is 0 Å². The molecule has 0 heterocycles. The number of unbranched alkanes of at least 4 members (excludes halogenated alkanes) is 41. The molecule has 0 radical (unpaired) electrons. The van der Waals surface area contributed by atoms with Crippen LogP contribution in [0.15, 0.2) is 85.1 Å². The molecule has 0 bridgehead atoms. The van der Waals surface area contributed by atoms with E-state index in [4.69, 9.17) is 14.2 Å². The summed E-state index contributed by atoms with van der Waals surface area (Å²) in [6, 6.07) is 0. The second-order valence-corrected chi connectivity index (χ2v) is 24.1. The number of rotatable bonds is 66. The van der Waals surface area contributed by atoms with Crippen molar-refractivity contribution in [2.45, 2.75) is 374 Å². The molecule has 0 amide bonds. The summed E-state index contributed by atoms with van der Waals surface area (Å²) >= 11 is 0. The minimum Gasteiger partial charge on any atom is -0.462 e. The zero-order chi connectivity index (χ0) is 59.9. The van der Waals surface area contributed by atoms with Gasteiger partial charge in [-0.05, 0) is 77.0 Å². The van der Waals surface area contributed by atoms with E-state index in [0.29, 0.717) is 19.3 Å². The van der Waals surface area contributed by atoms with E-state index in [2.05, 4.69) is 106 Å². The zero-order valence-electron chi connectivity index (χ0n) is 55.2.